The summed E-state index contributed by atoms with van der Waals surface area (Å²) in [5.41, 5.74) is 2.69. The molecular weight excluding hydrogens is 230 g/mol. The number of para-hydroxylation sites is 1. The lowest BCUT2D eigenvalue weighted by Gasteiger charge is -2.18. The van der Waals surface area contributed by atoms with E-state index in [0.29, 0.717) is 6.04 Å². The minimum absolute atomic E-state index is 0.402. The predicted octanol–water partition coefficient (Wildman–Crippen LogP) is 3.03. The van der Waals surface area contributed by atoms with Crippen molar-refractivity contribution in [2.24, 2.45) is 0 Å². The molecule has 0 aliphatic carbocycles. The fraction of sp³-hybridized carbons (Fsp3) is 0.571. The summed E-state index contributed by atoms with van der Waals surface area (Å²) < 4.78 is 5.77. The molecule has 1 heterocycles. The van der Waals surface area contributed by atoms with Crippen LogP contribution in [0, 0.1) is 0 Å². The highest BCUT2D eigenvalue weighted by Crippen LogP contribution is 2.34. The molecular formula is C14H21NOS. The van der Waals surface area contributed by atoms with Gasteiger partial charge in [-0.3, -0.25) is 0 Å². The van der Waals surface area contributed by atoms with Crippen molar-refractivity contribution in [2.75, 3.05) is 25.2 Å². The Bertz CT molecular complexity index is 367. The molecule has 1 aliphatic rings. The minimum Gasteiger partial charge on any atom is -0.493 e. The van der Waals surface area contributed by atoms with Crippen LogP contribution in [0.4, 0.5) is 0 Å². The summed E-state index contributed by atoms with van der Waals surface area (Å²) in [7, 11) is 2.03. The zero-order valence-corrected chi connectivity index (χ0v) is 11.5. The molecule has 1 aromatic rings. The topological polar surface area (TPSA) is 21.3 Å². The van der Waals surface area contributed by atoms with Crippen molar-refractivity contribution in [3.63, 3.8) is 0 Å². The van der Waals surface area contributed by atoms with Crippen LogP contribution in [-0.4, -0.2) is 25.2 Å². The largest absolute Gasteiger partial charge is 0.493 e. The molecule has 0 spiro atoms. The second-order valence-electron chi connectivity index (χ2n) is 4.35. The molecule has 1 aromatic carbocycles. The number of hydrogen-bond acceptors (Lipinski definition) is 3. The lowest BCUT2D eigenvalue weighted by molar-refractivity contribution is 0.350. The van der Waals surface area contributed by atoms with E-state index in [4.69, 9.17) is 4.74 Å². The van der Waals surface area contributed by atoms with E-state index < -0.39 is 0 Å². The van der Waals surface area contributed by atoms with Gasteiger partial charge in [-0.25, -0.2) is 0 Å². The van der Waals surface area contributed by atoms with Gasteiger partial charge < -0.3 is 10.1 Å². The molecule has 0 bridgehead atoms. The van der Waals surface area contributed by atoms with Crippen LogP contribution < -0.4 is 10.1 Å². The summed E-state index contributed by atoms with van der Waals surface area (Å²) in [6.45, 7) is 3.07. The molecule has 1 N–H and O–H groups in total. The Kier molecular flexibility index (Phi) is 4.75. The molecule has 1 unspecified atom stereocenters. The Morgan fingerprint density at radius 2 is 2.35 bits per heavy atom. The first kappa shape index (κ1) is 12.8. The van der Waals surface area contributed by atoms with E-state index in [1.54, 1.807) is 0 Å². The predicted molar refractivity (Wildman–Crippen MR) is 75.1 cm³/mol. The van der Waals surface area contributed by atoms with Gasteiger partial charge in [0.25, 0.3) is 0 Å². The Balaban J connectivity index is 2.11. The molecule has 0 saturated carbocycles. The molecule has 0 aromatic heterocycles. The lowest BCUT2D eigenvalue weighted by atomic mass is 10.0. The number of hydrogen-bond donors (Lipinski definition) is 1. The zero-order valence-electron chi connectivity index (χ0n) is 10.7. The second-order valence-corrected chi connectivity index (χ2v) is 5.50. The molecule has 0 fully saturated rings. The van der Waals surface area contributed by atoms with Gasteiger partial charge in [0.15, 0.2) is 0 Å². The number of thioether (sulfide) groups is 1. The number of rotatable bonds is 6. The van der Waals surface area contributed by atoms with Crippen molar-refractivity contribution >= 4 is 11.8 Å². The van der Waals surface area contributed by atoms with Gasteiger partial charge in [0.1, 0.15) is 5.75 Å². The number of ether oxygens (including phenoxy) is 1. The fourth-order valence-corrected chi connectivity index (χ4v) is 3.23. The summed E-state index contributed by atoms with van der Waals surface area (Å²) in [6.07, 6.45) is 2.30. The van der Waals surface area contributed by atoms with Crippen LogP contribution in [0.2, 0.25) is 0 Å². The Morgan fingerprint density at radius 1 is 1.47 bits per heavy atom. The van der Waals surface area contributed by atoms with Crippen molar-refractivity contribution in [1.29, 1.82) is 0 Å². The first-order chi connectivity index (χ1) is 8.36. The Labute approximate surface area is 108 Å². The molecule has 0 radical (unpaired) electrons. The highest BCUT2D eigenvalue weighted by atomic mass is 32.2. The van der Waals surface area contributed by atoms with Crippen molar-refractivity contribution in [3.05, 3.63) is 29.3 Å². The molecule has 1 atom stereocenters. The van der Waals surface area contributed by atoms with E-state index >= 15 is 0 Å². The highest BCUT2D eigenvalue weighted by Gasteiger charge is 2.20. The molecule has 3 heteroatoms. The van der Waals surface area contributed by atoms with E-state index in [0.717, 1.165) is 24.5 Å². The SMILES string of the molecule is CCCSCC(NC)c1cccc2c1OCC2. The van der Waals surface area contributed by atoms with Gasteiger partial charge in [0, 0.05) is 23.8 Å². The first-order valence-corrected chi connectivity index (χ1v) is 7.52. The van der Waals surface area contributed by atoms with E-state index in [1.165, 1.54) is 23.3 Å². The van der Waals surface area contributed by atoms with Crippen LogP contribution >= 0.6 is 11.8 Å². The summed E-state index contributed by atoms with van der Waals surface area (Å²) >= 11 is 2.01. The summed E-state index contributed by atoms with van der Waals surface area (Å²) in [5.74, 6) is 3.47. The van der Waals surface area contributed by atoms with Crippen molar-refractivity contribution < 1.29 is 4.74 Å². The average Bonchev–Trinajstić information content (AvgIpc) is 2.83. The molecule has 0 saturated heterocycles. The first-order valence-electron chi connectivity index (χ1n) is 6.36. The molecule has 17 heavy (non-hydrogen) atoms. The van der Waals surface area contributed by atoms with Crippen molar-refractivity contribution in [3.8, 4) is 5.75 Å². The lowest BCUT2D eigenvalue weighted by Crippen LogP contribution is -2.19. The molecule has 1 aliphatic heterocycles. The van der Waals surface area contributed by atoms with Crippen LogP contribution in [0.25, 0.3) is 0 Å². The van der Waals surface area contributed by atoms with Gasteiger partial charge in [-0.1, -0.05) is 25.1 Å². The summed E-state index contributed by atoms with van der Waals surface area (Å²) in [5, 5.41) is 3.41. The molecule has 2 rings (SSSR count). The number of fused-ring (bicyclic) bond motifs is 1. The third kappa shape index (κ3) is 2.96. The van der Waals surface area contributed by atoms with Crippen LogP contribution in [0.3, 0.4) is 0 Å². The smallest absolute Gasteiger partial charge is 0.127 e. The van der Waals surface area contributed by atoms with Gasteiger partial charge >= 0.3 is 0 Å². The molecule has 2 nitrogen and oxygen atoms in total. The third-order valence-electron chi connectivity index (χ3n) is 3.10. The maximum absolute atomic E-state index is 5.77. The quantitative estimate of drug-likeness (QED) is 0.785. The van der Waals surface area contributed by atoms with E-state index in [-0.39, 0.29) is 0 Å². The highest BCUT2D eigenvalue weighted by molar-refractivity contribution is 7.99. The summed E-state index contributed by atoms with van der Waals surface area (Å²) in [4.78, 5) is 0. The standard InChI is InChI=1S/C14H21NOS/c1-3-9-17-10-13(15-2)12-6-4-5-11-7-8-16-14(11)12/h4-6,13,15H,3,7-10H2,1-2H3. The molecule has 0 amide bonds. The van der Waals surface area contributed by atoms with Crippen LogP contribution in [0.15, 0.2) is 18.2 Å². The van der Waals surface area contributed by atoms with Gasteiger partial charge in [0.2, 0.25) is 0 Å². The number of benzene rings is 1. The van der Waals surface area contributed by atoms with E-state index in [9.17, 15) is 0 Å². The monoisotopic (exact) mass is 251 g/mol. The van der Waals surface area contributed by atoms with Crippen LogP contribution in [-0.2, 0) is 6.42 Å². The van der Waals surface area contributed by atoms with E-state index in [2.05, 4.69) is 30.4 Å². The normalized spacial score (nSPS) is 15.4. The fourth-order valence-electron chi connectivity index (χ4n) is 2.19. The maximum Gasteiger partial charge on any atom is 0.127 e. The van der Waals surface area contributed by atoms with Crippen LogP contribution in [0.1, 0.15) is 30.5 Å². The van der Waals surface area contributed by atoms with Crippen molar-refractivity contribution in [2.45, 2.75) is 25.8 Å². The molecule has 94 valence electrons. The van der Waals surface area contributed by atoms with Gasteiger partial charge in [-0.2, -0.15) is 11.8 Å². The van der Waals surface area contributed by atoms with Crippen molar-refractivity contribution in [1.82, 2.24) is 5.32 Å². The second kappa shape index (κ2) is 6.31. The zero-order chi connectivity index (χ0) is 12.1. The minimum atomic E-state index is 0.402. The number of nitrogens with one attached hydrogen (secondary N) is 1. The Hall–Kier alpha value is -0.670. The van der Waals surface area contributed by atoms with Gasteiger partial charge in [-0.05, 0) is 24.8 Å². The van der Waals surface area contributed by atoms with Gasteiger partial charge in [-0.15, -0.1) is 0 Å². The van der Waals surface area contributed by atoms with E-state index in [1.807, 2.05) is 18.8 Å². The average molecular weight is 251 g/mol. The third-order valence-corrected chi connectivity index (χ3v) is 4.37. The van der Waals surface area contributed by atoms with Crippen LogP contribution in [0.5, 0.6) is 5.75 Å². The maximum atomic E-state index is 5.77. The van der Waals surface area contributed by atoms with Gasteiger partial charge in [0.05, 0.1) is 6.61 Å². The summed E-state index contributed by atoms with van der Waals surface area (Å²) in [6, 6.07) is 6.92. The Morgan fingerprint density at radius 3 is 3.12 bits per heavy atom.